The molecule has 3 heteroatoms. The van der Waals surface area contributed by atoms with Gasteiger partial charge in [0.2, 0.25) is 0 Å². The van der Waals surface area contributed by atoms with E-state index >= 15 is 0 Å². The maximum Gasteiger partial charge on any atom is 0.131 e. The summed E-state index contributed by atoms with van der Waals surface area (Å²) in [5, 5.41) is 1.60. The second-order valence-electron chi connectivity index (χ2n) is 4.60. The van der Waals surface area contributed by atoms with Gasteiger partial charge in [-0.25, -0.2) is 4.39 Å². The first-order valence-corrected chi connectivity index (χ1v) is 7.94. The fourth-order valence-corrected chi connectivity index (χ4v) is 3.29. The summed E-state index contributed by atoms with van der Waals surface area (Å²) in [6, 6.07) is 19.1. The molecule has 0 aliphatic rings. The third-order valence-corrected chi connectivity index (χ3v) is 4.89. The van der Waals surface area contributed by atoms with Gasteiger partial charge in [-0.2, -0.15) is 0 Å². The number of halogens is 3. The van der Waals surface area contributed by atoms with Crippen LogP contribution in [0.1, 0.15) is 16.0 Å². The topological polar surface area (TPSA) is 0 Å². The molecule has 0 bridgehead atoms. The van der Waals surface area contributed by atoms with Crippen molar-refractivity contribution in [1.82, 2.24) is 0 Å². The number of hydrogen-bond acceptors (Lipinski definition) is 0. The van der Waals surface area contributed by atoms with Crippen LogP contribution in [0.4, 0.5) is 4.39 Å². The van der Waals surface area contributed by atoms with E-state index in [0.29, 0.717) is 5.39 Å². The molecule has 3 rings (SSSR count). The van der Waals surface area contributed by atoms with Gasteiger partial charge in [0.25, 0.3) is 0 Å². The molecule has 100 valence electrons. The average Bonchev–Trinajstić information content (AvgIpc) is 2.48. The summed E-state index contributed by atoms with van der Waals surface area (Å²) in [6.07, 6.45) is 0. The summed E-state index contributed by atoms with van der Waals surface area (Å²) in [4.78, 5) is 0.0427. The van der Waals surface area contributed by atoms with Crippen molar-refractivity contribution in [3.05, 3.63) is 82.1 Å². The van der Waals surface area contributed by atoms with Crippen LogP contribution in [0.2, 0.25) is 0 Å². The quantitative estimate of drug-likeness (QED) is 0.453. The van der Waals surface area contributed by atoms with Crippen molar-refractivity contribution in [2.45, 2.75) is 4.83 Å². The van der Waals surface area contributed by atoms with Crippen LogP contribution in [0, 0.1) is 5.82 Å². The van der Waals surface area contributed by atoms with Crippen molar-refractivity contribution >= 4 is 42.6 Å². The van der Waals surface area contributed by atoms with E-state index < -0.39 is 0 Å². The van der Waals surface area contributed by atoms with Gasteiger partial charge in [0.1, 0.15) is 5.82 Å². The first-order chi connectivity index (χ1) is 9.66. The molecule has 3 aromatic rings. The molecule has 0 fully saturated rings. The maximum absolute atomic E-state index is 13.9. The van der Waals surface area contributed by atoms with Crippen LogP contribution in [0.15, 0.2) is 65.1 Å². The highest BCUT2D eigenvalue weighted by Crippen LogP contribution is 2.36. The molecular formula is C17H11Br2F. The summed E-state index contributed by atoms with van der Waals surface area (Å²) < 4.78 is 14.9. The number of benzene rings is 3. The van der Waals surface area contributed by atoms with E-state index in [1.165, 1.54) is 6.07 Å². The Bertz CT molecular complexity index is 751. The lowest BCUT2D eigenvalue weighted by Crippen LogP contribution is -1.95. The molecule has 0 saturated heterocycles. The number of fused-ring (bicyclic) bond motifs is 1. The Labute approximate surface area is 133 Å². The van der Waals surface area contributed by atoms with Crippen LogP contribution in [-0.4, -0.2) is 0 Å². The fourth-order valence-electron chi connectivity index (χ4n) is 2.32. The van der Waals surface area contributed by atoms with Gasteiger partial charge in [0, 0.05) is 9.86 Å². The monoisotopic (exact) mass is 392 g/mol. The van der Waals surface area contributed by atoms with Gasteiger partial charge < -0.3 is 0 Å². The highest BCUT2D eigenvalue weighted by molar-refractivity contribution is 9.10. The van der Waals surface area contributed by atoms with Gasteiger partial charge in [-0.1, -0.05) is 74.3 Å². The fraction of sp³-hybridized carbons (Fsp3) is 0.0588. The maximum atomic E-state index is 13.9. The third kappa shape index (κ3) is 2.52. The molecule has 0 nitrogen and oxygen atoms in total. The Morgan fingerprint density at radius 1 is 0.800 bits per heavy atom. The molecule has 0 amide bonds. The van der Waals surface area contributed by atoms with E-state index in [4.69, 9.17) is 0 Å². The van der Waals surface area contributed by atoms with E-state index in [-0.39, 0.29) is 10.6 Å². The van der Waals surface area contributed by atoms with Crippen molar-refractivity contribution < 1.29 is 4.39 Å². The Morgan fingerprint density at radius 2 is 1.45 bits per heavy atom. The van der Waals surface area contributed by atoms with Crippen LogP contribution >= 0.6 is 31.9 Å². The Kier molecular flexibility index (Phi) is 3.90. The smallest absolute Gasteiger partial charge is 0.131 e. The van der Waals surface area contributed by atoms with Crippen molar-refractivity contribution in [3.63, 3.8) is 0 Å². The van der Waals surface area contributed by atoms with Gasteiger partial charge in [-0.05, 0) is 34.7 Å². The predicted molar refractivity (Wildman–Crippen MR) is 88.8 cm³/mol. The first kappa shape index (κ1) is 13.8. The van der Waals surface area contributed by atoms with Crippen molar-refractivity contribution in [2.75, 3.05) is 0 Å². The summed E-state index contributed by atoms with van der Waals surface area (Å²) in [5.41, 5.74) is 2.22. The van der Waals surface area contributed by atoms with Gasteiger partial charge in [-0.3, -0.25) is 0 Å². The van der Waals surface area contributed by atoms with Crippen molar-refractivity contribution in [2.24, 2.45) is 0 Å². The molecule has 0 aliphatic heterocycles. The van der Waals surface area contributed by atoms with Crippen molar-refractivity contribution in [1.29, 1.82) is 0 Å². The molecule has 0 saturated carbocycles. The lowest BCUT2D eigenvalue weighted by atomic mass is 9.98. The SMILES string of the molecule is Fc1ccc(C(Br)c2ccc(Br)cc2)c2ccccc12. The summed E-state index contributed by atoms with van der Waals surface area (Å²) in [7, 11) is 0. The molecular weight excluding hydrogens is 383 g/mol. The normalized spacial score (nSPS) is 12.6. The second kappa shape index (κ2) is 5.66. The number of rotatable bonds is 2. The average molecular weight is 394 g/mol. The molecule has 0 aliphatic carbocycles. The minimum absolute atomic E-state index is 0.0427. The molecule has 1 unspecified atom stereocenters. The molecule has 0 aromatic heterocycles. The number of alkyl halides is 1. The highest BCUT2D eigenvalue weighted by Gasteiger charge is 2.14. The molecule has 3 aromatic carbocycles. The van der Waals surface area contributed by atoms with E-state index in [1.54, 1.807) is 0 Å². The molecule has 0 N–H and O–H groups in total. The Balaban J connectivity index is 2.14. The molecule has 1 atom stereocenters. The Hall–Kier alpha value is -1.19. The number of hydrogen-bond donors (Lipinski definition) is 0. The minimum atomic E-state index is -0.181. The lowest BCUT2D eigenvalue weighted by Gasteiger charge is -2.14. The summed E-state index contributed by atoms with van der Waals surface area (Å²) in [6.45, 7) is 0. The van der Waals surface area contributed by atoms with Crippen LogP contribution in [0.3, 0.4) is 0 Å². The largest absolute Gasteiger partial charge is 0.206 e. The minimum Gasteiger partial charge on any atom is -0.206 e. The van der Waals surface area contributed by atoms with E-state index in [9.17, 15) is 4.39 Å². The standard InChI is InChI=1S/C17H11Br2F/c18-12-7-5-11(6-8-12)17(19)15-9-10-16(20)14-4-2-1-3-13(14)15/h1-10,17H. The predicted octanol–water partition coefficient (Wildman–Crippen LogP) is 6.23. The lowest BCUT2D eigenvalue weighted by molar-refractivity contribution is 0.639. The van der Waals surface area contributed by atoms with Gasteiger partial charge in [-0.15, -0.1) is 0 Å². The van der Waals surface area contributed by atoms with E-state index in [0.717, 1.165) is 21.0 Å². The Morgan fingerprint density at radius 3 is 2.15 bits per heavy atom. The molecule has 0 spiro atoms. The zero-order chi connectivity index (χ0) is 14.1. The summed E-state index contributed by atoms with van der Waals surface area (Å²) >= 11 is 7.16. The van der Waals surface area contributed by atoms with Gasteiger partial charge in [0.15, 0.2) is 0 Å². The van der Waals surface area contributed by atoms with Crippen LogP contribution < -0.4 is 0 Å². The third-order valence-electron chi connectivity index (χ3n) is 3.34. The van der Waals surface area contributed by atoms with E-state index in [2.05, 4.69) is 44.0 Å². The van der Waals surface area contributed by atoms with Gasteiger partial charge >= 0.3 is 0 Å². The summed E-state index contributed by atoms with van der Waals surface area (Å²) in [5.74, 6) is -0.181. The zero-order valence-electron chi connectivity index (χ0n) is 10.5. The molecule has 0 heterocycles. The van der Waals surface area contributed by atoms with Crippen LogP contribution in [-0.2, 0) is 0 Å². The van der Waals surface area contributed by atoms with E-state index in [1.807, 2.05) is 42.5 Å². The van der Waals surface area contributed by atoms with Crippen molar-refractivity contribution in [3.8, 4) is 0 Å². The second-order valence-corrected chi connectivity index (χ2v) is 6.43. The van der Waals surface area contributed by atoms with Gasteiger partial charge in [0.05, 0.1) is 4.83 Å². The highest BCUT2D eigenvalue weighted by atomic mass is 79.9. The zero-order valence-corrected chi connectivity index (χ0v) is 13.7. The molecule has 20 heavy (non-hydrogen) atoms. The molecule has 0 radical (unpaired) electrons. The van der Waals surface area contributed by atoms with Crippen LogP contribution in [0.25, 0.3) is 10.8 Å². The van der Waals surface area contributed by atoms with Crippen LogP contribution in [0.5, 0.6) is 0 Å². The first-order valence-electron chi connectivity index (χ1n) is 6.23.